The van der Waals surface area contributed by atoms with Crippen molar-refractivity contribution in [2.24, 2.45) is 0 Å². The molecule has 0 fully saturated rings. The van der Waals surface area contributed by atoms with Gasteiger partial charge in [-0.05, 0) is 42.9 Å². The van der Waals surface area contributed by atoms with Gasteiger partial charge in [0, 0.05) is 5.69 Å². The fourth-order valence-corrected chi connectivity index (χ4v) is 2.18. The molecule has 1 aromatic rings. The van der Waals surface area contributed by atoms with Crippen LogP contribution in [0.15, 0.2) is 18.2 Å². The van der Waals surface area contributed by atoms with E-state index < -0.39 is 5.97 Å². The Hall–Kier alpha value is -1.49. The summed E-state index contributed by atoms with van der Waals surface area (Å²) in [5, 5.41) is 11.6. The summed E-state index contributed by atoms with van der Waals surface area (Å²) < 4.78 is 0. The Bertz CT molecular complexity index is 446. The highest BCUT2D eigenvalue weighted by Crippen LogP contribution is 2.15. The molecule has 4 nitrogen and oxygen atoms in total. The average Bonchev–Trinajstić information content (AvgIpc) is 2.28. The Labute approximate surface area is 111 Å². The molecule has 0 spiro atoms. The Kier molecular flexibility index (Phi) is 5.71. The van der Waals surface area contributed by atoms with Crippen molar-refractivity contribution < 1.29 is 14.7 Å². The van der Waals surface area contributed by atoms with Crippen LogP contribution >= 0.6 is 11.8 Å². The predicted octanol–water partition coefficient (Wildman–Crippen LogP) is 2.77. The van der Waals surface area contributed by atoms with Gasteiger partial charge < -0.3 is 10.4 Å². The van der Waals surface area contributed by atoms with Crippen molar-refractivity contribution in [1.82, 2.24) is 0 Å². The molecule has 1 aromatic carbocycles. The fourth-order valence-electron chi connectivity index (χ4n) is 1.49. The Morgan fingerprint density at radius 2 is 2.11 bits per heavy atom. The first-order chi connectivity index (χ1) is 8.54. The van der Waals surface area contributed by atoms with E-state index >= 15 is 0 Å². The van der Waals surface area contributed by atoms with Gasteiger partial charge in [-0.15, -0.1) is 0 Å². The zero-order valence-corrected chi connectivity index (χ0v) is 11.3. The molecule has 0 unspecified atom stereocenters. The lowest BCUT2D eigenvalue weighted by Gasteiger charge is -2.07. The number of anilines is 1. The molecule has 0 saturated heterocycles. The number of aromatic carboxylic acids is 1. The molecule has 0 bridgehead atoms. The second kappa shape index (κ2) is 7.06. The van der Waals surface area contributed by atoms with E-state index in [4.69, 9.17) is 5.11 Å². The smallest absolute Gasteiger partial charge is 0.335 e. The van der Waals surface area contributed by atoms with E-state index in [2.05, 4.69) is 12.2 Å². The summed E-state index contributed by atoms with van der Waals surface area (Å²) in [5.41, 5.74) is 1.54. The van der Waals surface area contributed by atoms with Gasteiger partial charge >= 0.3 is 5.97 Å². The van der Waals surface area contributed by atoms with Crippen molar-refractivity contribution in [2.75, 3.05) is 16.8 Å². The fraction of sp³-hybridized carbons (Fsp3) is 0.385. The quantitative estimate of drug-likeness (QED) is 0.778. The molecular weight excluding hydrogens is 250 g/mol. The van der Waals surface area contributed by atoms with Crippen LogP contribution in [0.4, 0.5) is 5.69 Å². The number of carbonyl (C=O) groups is 2. The molecule has 0 radical (unpaired) electrons. The van der Waals surface area contributed by atoms with Gasteiger partial charge in [0.05, 0.1) is 11.3 Å². The minimum absolute atomic E-state index is 0.0593. The Morgan fingerprint density at radius 3 is 2.67 bits per heavy atom. The number of amides is 1. The largest absolute Gasteiger partial charge is 0.478 e. The first kappa shape index (κ1) is 14.6. The highest BCUT2D eigenvalue weighted by atomic mass is 32.2. The maximum atomic E-state index is 11.6. The van der Waals surface area contributed by atoms with Gasteiger partial charge in [0.25, 0.3) is 0 Å². The molecule has 98 valence electrons. The topological polar surface area (TPSA) is 66.4 Å². The van der Waals surface area contributed by atoms with Gasteiger partial charge in [0.1, 0.15) is 0 Å². The van der Waals surface area contributed by atoms with Gasteiger partial charge in [0.15, 0.2) is 0 Å². The number of aryl methyl sites for hydroxylation is 1. The van der Waals surface area contributed by atoms with Crippen LogP contribution in [0, 0.1) is 6.92 Å². The molecule has 0 saturated carbocycles. The van der Waals surface area contributed by atoms with Crippen LogP contribution < -0.4 is 5.32 Å². The summed E-state index contributed by atoms with van der Waals surface area (Å²) >= 11 is 1.59. The van der Waals surface area contributed by atoms with Crippen molar-refractivity contribution in [2.45, 2.75) is 20.3 Å². The number of thioether (sulfide) groups is 1. The lowest BCUT2D eigenvalue weighted by Crippen LogP contribution is -2.14. The van der Waals surface area contributed by atoms with Crippen molar-refractivity contribution in [3.05, 3.63) is 29.3 Å². The normalized spacial score (nSPS) is 10.1. The van der Waals surface area contributed by atoms with Crippen molar-refractivity contribution in [3.8, 4) is 0 Å². The van der Waals surface area contributed by atoms with E-state index in [1.54, 1.807) is 30.8 Å². The number of carbonyl (C=O) groups excluding carboxylic acids is 1. The minimum atomic E-state index is -0.955. The first-order valence-corrected chi connectivity index (χ1v) is 6.91. The van der Waals surface area contributed by atoms with Crippen molar-refractivity contribution >= 4 is 29.3 Å². The van der Waals surface area contributed by atoms with Crippen LogP contribution in [0.3, 0.4) is 0 Å². The maximum Gasteiger partial charge on any atom is 0.335 e. The maximum absolute atomic E-state index is 11.6. The summed E-state index contributed by atoms with van der Waals surface area (Å²) in [6.07, 6.45) is 1.05. The van der Waals surface area contributed by atoms with E-state index in [1.165, 1.54) is 6.07 Å². The minimum Gasteiger partial charge on any atom is -0.478 e. The van der Waals surface area contributed by atoms with Crippen LogP contribution in [0.25, 0.3) is 0 Å². The van der Waals surface area contributed by atoms with Crippen molar-refractivity contribution in [1.29, 1.82) is 0 Å². The lowest BCUT2D eigenvalue weighted by molar-refractivity contribution is -0.113. The van der Waals surface area contributed by atoms with Crippen molar-refractivity contribution in [3.63, 3.8) is 0 Å². The second-order valence-corrected chi connectivity index (χ2v) is 5.04. The molecule has 1 rings (SSSR count). The summed E-state index contributed by atoms with van der Waals surface area (Å²) in [6, 6.07) is 4.79. The van der Waals surface area contributed by atoms with Crippen LogP contribution in [0.1, 0.15) is 29.3 Å². The second-order valence-electron chi connectivity index (χ2n) is 3.94. The molecule has 0 aliphatic heterocycles. The predicted molar refractivity (Wildman–Crippen MR) is 74.4 cm³/mol. The standard InChI is InChI=1S/C13H17NO3S/c1-3-6-18-8-12(15)14-10-4-5-11(13(16)17)9(2)7-10/h4-5,7H,3,6,8H2,1-2H3,(H,14,15)(H,16,17). The van der Waals surface area contributed by atoms with E-state index in [0.717, 1.165) is 12.2 Å². The van der Waals surface area contributed by atoms with Gasteiger partial charge in [-0.1, -0.05) is 6.92 Å². The van der Waals surface area contributed by atoms with E-state index in [-0.39, 0.29) is 11.5 Å². The summed E-state index contributed by atoms with van der Waals surface area (Å²) in [6.45, 7) is 3.78. The number of carboxylic acids is 1. The summed E-state index contributed by atoms with van der Waals surface area (Å²) in [4.78, 5) is 22.4. The average molecular weight is 267 g/mol. The molecule has 2 N–H and O–H groups in total. The van der Waals surface area contributed by atoms with Gasteiger partial charge in [0.2, 0.25) is 5.91 Å². The molecular formula is C13H17NO3S. The molecule has 0 aromatic heterocycles. The third-order valence-corrected chi connectivity index (χ3v) is 3.49. The SMILES string of the molecule is CCCSCC(=O)Nc1ccc(C(=O)O)c(C)c1. The summed E-state index contributed by atoms with van der Waals surface area (Å²) in [7, 11) is 0. The van der Waals surface area contributed by atoms with Crippen LogP contribution in [0.2, 0.25) is 0 Å². The highest BCUT2D eigenvalue weighted by molar-refractivity contribution is 7.99. The zero-order valence-electron chi connectivity index (χ0n) is 10.5. The zero-order chi connectivity index (χ0) is 13.5. The molecule has 1 amide bonds. The molecule has 0 heterocycles. The number of carboxylic acid groups (broad SMARTS) is 1. The van der Waals surface area contributed by atoms with Gasteiger partial charge in [-0.2, -0.15) is 11.8 Å². The molecule has 5 heteroatoms. The molecule has 0 aliphatic carbocycles. The van der Waals surface area contributed by atoms with Crippen LogP contribution in [0.5, 0.6) is 0 Å². The van der Waals surface area contributed by atoms with E-state index in [9.17, 15) is 9.59 Å². The van der Waals surface area contributed by atoms with Gasteiger partial charge in [-0.3, -0.25) is 4.79 Å². The number of rotatable bonds is 6. The molecule has 18 heavy (non-hydrogen) atoms. The van der Waals surface area contributed by atoms with Gasteiger partial charge in [-0.25, -0.2) is 4.79 Å². The number of hydrogen-bond acceptors (Lipinski definition) is 3. The third kappa shape index (κ3) is 4.41. The molecule has 0 atom stereocenters. The monoisotopic (exact) mass is 267 g/mol. The van der Waals surface area contributed by atoms with E-state index in [0.29, 0.717) is 17.0 Å². The molecule has 0 aliphatic rings. The Morgan fingerprint density at radius 1 is 1.39 bits per heavy atom. The van der Waals surface area contributed by atoms with E-state index in [1.807, 2.05) is 0 Å². The number of hydrogen-bond donors (Lipinski definition) is 2. The summed E-state index contributed by atoms with van der Waals surface area (Å²) in [5.74, 6) is 0.373. The lowest BCUT2D eigenvalue weighted by atomic mass is 10.1. The third-order valence-electron chi connectivity index (χ3n) is 2.32. The number of benzene rings is 1. The van der Waals surface area contributed by atoms with Crippen LogP contribution in [-0.2, 0) is 4.79 Å². The van der Waals surface area contributed by atoms with Crippen LogP contribution in [-0.4, -0.2) is 28.5 Å². The highest BCUT2D eigenvalue weighted by Gasteiger charge is 2.08. The first-order valence-electron chi connectivity index (χ1n) is 5.76. The Balaban J connectivity index is 2.60. The number of nitrogens with one attached hydrogen (secondary N) is 1.